The average Bonchev–Trinajstić information content (AvgIpc) is 2.62. The number of aryl methyl sites for hydroxylation is 1. The molecule has 0 saturated heterocycles. The zero-order chi connectivity index (χ0) is 16.0. The average molecular weight is 304 g/mol. The van der Waals surface area contributed by atoms with Gasteiger partial charge < -0.3 is 14.6 Å². The van der Waals surface area contributed by atoms with Gasteiger partial charge in [-0.3, -0.25) is 0 Å². The van der Waals surface area contributed by atoms with E-state index in [0.717, 1.165) is 30.4 Å². The lowest BCUT2D eigenvalue weighted by atomic mass is 9.70. The fraction of sp³-hybridized carbons (Fsp3) is 0.611. The molecular formula is C18H24O4. The highest BCUT2D eigenvalue weighted by Crippen LogP contribution is 2.56. The smallest absolute Gasteiger partial charge is 0.354 e. The summed E-state index contributed by atoms with van der Waals surface area (Å²) in [5.41, 5.74) is -0.777. The van der Waals surface area contributed by atoms with Gasteiger partial charge in [-0.05, 0) is 44.2 Å². The van der Waals surface area contributed by atoms with Gasteiger partial charge in [-0.2, -0.15) is 0 Å². The Morgan fingerprint density at radius 2 is 2.18 bits per heavy atom. The Morgan fingerprint density at radius 3 is 2.86 bits per heavy atom. The third-order valence-corrected chi connectivity index (χ3v) is 5.04. The van der Waals surface area contributed by atoms with Gasteiger partial charge in [-0.15, -0.1) is 0 Å². The van der Waals surface area contributed by atoms with Crippen molar-refractivity contribution in [2.75, 3.05) is 6.61 Å². The van der Waals surface area contributed by atoms with Crippen LogP contribution in [0.5, 0.6) is 5.75 Å². The van der Waals surface area contributed by atoms with Crippen LogP contribution in [0.2, 0.25) is 0 Å². The first-order chi connectivity index (χ1) is 10.5. The molecule has 2 unspecified atom stereocenters. The molecule has 0 radical (unpaired) electrons. The topological polar surface area (TPSA) is 55.8 Å². The van der Waals surface area contributed by atoms with E-state index in [1.54, 1.807) is 6.92 Å². The van der Waals surface area contributed by atoms with E-state index in [4.69, 9.17) is 9.47 Å². The van der Waals surface area contributed by atoms with E-state index < -0.39 is 17.2 Å². The molecule has 0 amide bonds. The molecule has 3 rings (SSSR count). The van der Waals surface area contributed by atoms with Gasteiger partial charge in [0.15, 0.2) is 0 Å². The highest BCUT2D eigenvalue weighted by molar-refractivity contribution is 5.85. The Hall–Kier alpha value is -1.55. The molecule has 2 aliphatic rings. The van der Waals surface area contributed by atoms with Crippen molar-refractivity contribution in [3.05, 3.63) is 29.3 Å². The van der Waals surface area contributed by atoms with Crippen molar-refractivity contribution >= 4 is 5.97 Å². The molecule has 1 heterocycles. The van der Waals surface area contributed by atoms with Crippen LogP contribution in [0.1, 0.15) is 51.2 Å². The van der Waals surface area contributed by atoms with Crippen LogP contribution < -0.4 is 4.74 Å². The highest BCUT2D eigenvalue weighted by Gasteiger charge is 2.67. The second-order valence-corrected chi connectivity index (χ2v) is 6.57. The summed E-state index contributed by atoms with van der Waals surface area (Å²) in [5.74, 6) is -0.0323. The van der Waals surface area contributed by atoms with Crippen LogP contribution in [0, 0.1) is 5.92 Å². The van der Waals surface area contributed by atoms with Crippen LogP contribution in [-0.2, 0) is 21.6 Å². The molecule has 0 spiro atoms. The van der Waals surface area contributed by atoms with Crippen molar-refractivity contribution in [1.82, 2.24) is 0 Å². The number of carbonyl (C=O) groups is 1. The summed E-state index contributed by atoms with van der Waals surface area (Å²) in [7, 11) is 0. The zero-order valence-electron chi connectivity index (χ0n) is 13.5. The number of aliphatic hydroxyl groups is 1. The van der Waals surface area contributed by atoms with Gasteiger partial charge in [0, 0.05) is 11.5 Å². The van der Waals surface area contributed by atoms with Crippen LogP contribution in [-0.4, -0.2) is 23.3 Å². The number of ether oxygens (including phenoxy) is 2. The summed E-state index contributed by atoms with van der Waals surface area (Å²) < 4.78 is 11.4. The Morgan fingerprint density at radius 1 is 1.41 bits per heavy atom. The minimum Gasteiger partial charge on any atom is -0.471 e. The van der Waals surface area contributed by atoms with E-state index in [-0.39, 0.29) is 12.5 Å². The van der Waals surface area contributed by atoms with E-state index in [9.17, 15) is 9.90 Å². The molecule has 1 aliphatic carbocycles. The molecule has 1 aromatic rings. The third-order valence-electron chi connectivity index (χ3n) is 5.04. The van der Waals surface area contributed by atoms with Crippen LogP contribution in [0.15, 0.2) is 18.2 Å². The quantitative estimate of drug-likeness (QED) is 0.872. The minimum absolute atomic E-state index is 0.199. The first-order valence-electron chi connectivity index (χ1n) is 8.18. The first-order valence-corrected chi connectivity index (χ1v) is 8.18. The summed E-state index contributed by atoms with van der Waals surface area (Å²) in [6.45, 7) is 5.86. The summed E-state index contributed by atoms with van der Waals surface area (Å²) in [4.78, 5) is 12.8. The molecule has 0 bridgehead atoms. The van der Waals surface area contributed by atoms with Gasteiger partial charge in [-0.1, -0.05) is 26.0 Å². The standard InChI is InChI=1S/C18H24O4/c1-4-21-16(19)18(12(2)3)17(20)11-6-5-8-13-9-7-10-14(22-18)15(13)17/h7,9-10,12,20H,4-6,8,11H2,1-3H3. The third kappa shape index (κ3) is 1.83. The maximum absolute atomic E-state index is 12.8. The number of rotatable bonds is 3. The molecule has 0 aromatic heterocycles. The summed E-state index contributed by atoms with van der Waals surface area (Å²) >= 11 is 0. The predicted molar refractivity (Wildman–Crippen MR) is 82.7 cm³/mol. The number of benzene rings is 1. The fourth-order valence-electron chi connectivity index (χ4n) is 4.07. The van der Waals surface area contributed by atoms with Crippen molar-refractivity contribution in [3.8, 4) is 5.75 Å². The molecule has 4 nitrogen and oxygen atoms in total. The molecular weight excluding hydrogens is 280 g/mol. The van der Waals surface area contributed by atoms with E-state index in [1.165, 1.54) is 0 Å². The van der Waals surface area contributed by atoms with Crippen molar-refractivity contribution in [3.63, 3.8) is 0 Å². The lowest BCUT2D eigenvalue weighted by Gasteiger charge is -2.41. The number of carbonyl (C=O) groups excluding carboxylic acids is 1. The van der Waals surface area contributed by atoms with Crippen molar-refractivity contribution in [1.29, 1.82) is 0 Å². The van der Waals surface area contributed by atoms with Crippen LogP contribution in [0.4, 0.5) is 0 Å². The zero-order valence-corrected chi connectivity index (χ0v) is 13.5. The molecule has 1 aliphatic heterocycles. The maximum Gasteiger partial charge on any atom is 0.354 e. The van der Waals surface area contributed by atoms with Crippen LogP contribution >= 0.6 is 0 Å². The molecule has 0 fully saturated rings. The van der Waals surface area contributed by atoms with E-state index in [0.29, 0.717) is 12.2 Å². The van der Waals surface area contributed by atoms with Gasteiger partial charge in [0.05, 0.1) is 6.61 Å². The molecule has 120 valence electrons. The predicted octanol–water partition coefficient (Wildman–Crippen LogP) is 2.95. The normalized spacial score (nSPS) is 29.7. The van der Waals surface area contributed by atoms with Gasteiger partial charge in [-0.25, -0.2) is 4.79 Å². The van der Waals surface area contributed by atoms with Crippen molar-refractivity contribution < 1.29 is 19.4 Å². The number of hydrogen-bond donors (Lipinski definition) is 1. The molecule has 0 saturated carbocycles. The van der Waals surface area contributed by atoms with Gasteiger partial charge >= 0.3 is 5.97 Å². The lowest BCUT2D eigenvalue weighted by molar-refractivity contribution is -0.196. The Kier molecular flexibility index (Phi) is 3.68. The monoisotopic (exact) mass is 304 g/mol. The number of esters is 1. The van der Waals surface area contributed by atoms with Crippen LogP contribution in [0.25, 0.3) is 0 Å². The highest BCUT2D eigenvalue weighted by atomic mass is 16.6. The van der Waals surface area contributed by atoms with Crippen LogP contribution in [0.3, 0.4) is 0 Å². The largest absolute Gasteiger partial charge is 0.471 e. The van der Waals surface area contributed by atoms with E-state index in [2.05, 4.69) is 0 Å². The van der Waals surface area contributed by atoms with E-state index >= 15 is 0 Å². The van der Waals surface area contributed by atoms with Crippen molar-refractivity contribution in [2.24, 2.45) is 5.92 Å². The molecule has 1 N–H and O–H groups in total. The fourth-order valence-corrected chi connectivity index (χ4v) is 4.07. The SMILES string of the molecule is CCOC(=O)C1(C(C)C)Oc2cccc3c2C1(O)CCCC3. The lowest BCUT2D eigenvalue weighted by Crippen LogP contribution is -2.61. The van der Waals surface area contributed by atoms with Crippen molar-refractivity contribution in [2.45, 2.75) is 57.7 Å². The molecule has 2 atom stereocenters. The maximum atomic E-state index is 12.8. The number of hydrogen-bond acceptors (Lipinski definition) is 4. The Bertz CT molecular complexity index is 595. The second-order valence-electron chi connectivity index (χ2n) is 6.57. The van der Waals surface area contributed by atoms with Gasteiger partial charge in [0.1, 0.15) is 11.4 Å². The summed E-state index contributed by atoms with van der Waals surface area (Å²) in [5, 5.41) is 11.6. The molecule has 1 aromatic carbocycles. The molecule has 22 heavy (non-hydrogen) atoms. The minimum atomic E-state index is -1.36. The first kappa shape index (κ1) is 15.3. The summed E-state index contributed by atoms with van der Waals surface area (Å²) in [6, 6.07) is 5.81. The van der Waals surface area contributed by atoms with E-state index in [1.807, 2.05) is 32.0 Å². The molecule has 4 heteroatoms. The second kappa shape index (κ2) is 5.27. The van der Waals surface area contributed by atoms with Gasteiger partial charge in [0.2, 0.25) is 5.60 Å². The Balaban J connectivity index is 2.22. The Labute approximate surface area is 131 Å². The summed E-state index contributed by atoms with van der Waals surface area (Å²) in [6.07, 6.45) is 3.30. The van der Waals surface area contributed by atoms with Gasteiger partial charge in [0.25, 0.3) is 0 Å².